The van der Waals surface area contributed by atoms with Crippen LogP contribution in [0.4, 0.5) is 17.3 Å². The van der Waals surface area contributed by atoms with Crippen LogP contribution in [0.25, 0.3) is 0 Å². The molecule has 1 aromatic carbocycles. The van der Waals surface area contributed by atoms with Gasteiger partial charge in [-0.2, -0.15) is 0 Å². The van der Waals surface area contributed by atoms with Crippen LogP contribution in [0.2, 0.25) is 0 Å². The second kappa shape index (κ2) is 5.16. The molecule has 21 heavy (non-hydrogen) atoms. The summed E-state index contributed by atoms with van der Waals surface area (Å²) in [6.07, 6.45) is 0. The fourth-order valence-electron chi connectivity index (χ4n) is 1.98. The maximum atomic E-state index is 10.9. The van der Waals surface area contributed by atoms with Gasteiger partial charge in [-0.25, -0.2) is 4.98 Å². The molecule has 0 aliphatic carbocycles. The first-order valence-electron chi connectivity index (χ1n) is 6.17. The lowest BCUT2D eigenvalue weighted by Gasteiger charge is -2.07. The van der Waals surface area contributed by atoms with Crippen LogP contribution in [0.5, 0.6) is 11.5 Å². The SMILES string of the molecule is Nc1ccc([N+](=O)[O-])c(NCc2ccc3c(c2)OCO3)n1. The predicted molar refractivity (Wildman–Crippen MR) is 75.2 cm³/mol. The van der Waals surface area contributed by atoms with Crippen molar-refractivity contribution in [2.45, 2.75) is 6.54 Å². The Labute approximate surface area is 119 Å². The topological polar surface area (TPSA) is 113 Å². The normalized spacial score (nSPS) is 12.2. The van der Waals surface area contributed by atoms with E-state index < -0.39 is 4.92 Å². The number of nitrogens with two attached hydrogens (primary N) is 1. The molecule has 0 unspecified atom stereocenters. The summed E-state index contributed by atoms with van der Waals surface area (Å²) in [5.41, 5.74) is 6.33. The van der Waals surface area contributed by atoms with E-state index in [2.05, 4.69) is 10.3 Å². The number of nitrogen functional groups attached to an aromatic ring is 1. The van der Waals surface area contributed by atoms with Gasteiger partial charge in [0.2, 0.25) is 12.6 Å². The van der Waals surface area contributed by atoms with Crippen molar-refractivity contribution < 1.29 is 14.4 Å². The summed E-state index contributed by atoms with van der Waals surface area (Å²) < 4.78 is 10.5. The van der Waals surface area contributed by atoms with Crippen molar-refractivity contribution in [2.24, 2.45) is 0 Å². The molecule has 0 bridgehead atoms. The van der Waals surface area contributed by atoms with Crippen molar-refractivity contribution >= 4 is 17.3 Å². The first-order chi connectivity index (χ1) is 10.1. The van der Waals surface area contributed by atoms with Crippen LogP contribution in [0, 0.1) is 10.1 Å². The van der Waals surface area contributed by atoms with Crippen molar-refractivity contribution in [3.8, 4) is 11.5 Å². The molecule has 8 nitrogen and oxygen atoms in total. The molecule has 3 N–H and O–H groups in total. The lowest BCUT2D eigenvalue weighted by Crippen LogP contribution is -2.06. The van der Waals surface area contributed by atoms with Gasteiger partial charge in [-0.15, -0.1) is 0 Å². The van der Waals surface area contributed by atoms with Gasteiger partial charge in [0.15, 0.2) is 11.5 Å². The number of hydrogen-bond donors (Lipinski definition) is 2. The maximum Gasteiger partial charge on any atom is 0.311 e. The van der Waals surface area contributed by atoms with Crippen molar-refractivity contribution in [3.63, 3.8) is 0 Å². The summed E-state index contributed by atoms with van der Waals surface area (Å²) in [7, 11) is 0. The van der Waals surface area contributed by atoms with E-state index >= 15 is 0 Å². The number of nitrogens with zero attached hydrogens (tertiary/aromatic N) is 2. The average Bonchev–Trinajstić information content (AvgIpc) is 2.92. The molecule has 1 aliphatic heterocycles. The lowest BCUT2D eigenvalue weighted by atomic mass is 10.2. The molecule has 0 atom stereocenters. The number of pyridine rings is 1. The summed E-state index contributed by atoms with van der Waals surface area (Å²) in [4.78, 5) is 14.4. The van der Waals surface area contributed by atoms with Crippen LogP contribution in [0.15, 0.2) is 30.3 Å². The van der Waals surface area contributed by atoms with Gasteiger partial charge in [-0.3, -0.25) is 10.1 Å². The van der Waals surface area contributed by atoms with Crippen LogP contribution < -0.4 is 20.5 Å². The molecular formula is C13H12N4O4. The molecular weight excluding hydrogens is 276 g/mol. The van der Waals surface area contributed by atoms with E-state index in [1.165, 1.54) is 12.1 Å². The zero-order chi connectivity index (χ0) is 14.8. The minimum absolute atomic E-state index is 0.120. The van der Waals surface area contributed by atoms with E-state index in [-0.39, 0.29) is 24.1 Å². The number of nitrogens with one attached hydrogen (secondary N) is 1. The highest BCUT2D eigenvalue weighted by atomic mass is 16.7. The summed E-state index contributed by atoms with van der Waals surface area (Å²) in [6, 6.07) is 8.17. The standard InChI is InChI=1S/C13H12N4O4/c14-12-4-2-9(17(18)19)13(16-12)15-6-8-1-3-10-11(5-8)21-7-20-10/h1-5H,6-7H2,(H3,14,15,16). The van der Waals surface area contributed by atoms with E-state index in [9.17, 15) is 10.1 Å². The van der Waals surface area contributed by atoms with Gasteiger partial charge in [0.05, 0.1) is 4.92 Å². The van der Waals surface area contributed by atoms with Gasteiger partial charge >= 0.3 is 5.69 Å². The molecule has 0 saturated heterocycles. The first kappa shape index (κ1) is 13.0. The van der Waals surface area contributed by atoms with Gasteiger partial charge < -0.3 is 20.5 Å². The second-order valence-electron chi connectivity index (χ2n) is 4.40. The number of benzene rings is 1. The van der Waals surface area contributed by atoms with Gasteiger partial charge in [0, 0.05) is 12.6 Å². The molecule has 1 aliphatic rings. The highest BCUT2D eigenvalue weighted by molar-refractivity contribution is 5.59. The third-order valence-electron chi connectivity index (χ3n) is 2.99. The van der Waals surface area contributed by atoms with E-state index in [1.54, 1.807) is 6.07 Å². The van der Waals surface area contributed by atoms with E-state index in [4.69, 9.17) is 15.2 Å². The molecule has 8 heteroatoms. The minimum Gasteiger partial charge on any atom is -0.454 e. The largest absolute Gasteiger partial charge is 0.454 e. The molecule has 0 fully saturated rings. The molecule has 0 amide bonds. The second-order valence-corrected chi connectivity index (χ2v) is 4.40. The number of fused-ring (bicyclic) bond motifs is 1. The molecule has 0 radical (unpaired) electrons. The van der Waals surface area contributed by atoms with Crippen molar-refractivity contribution in [3.05, 3.63) is 46.0 Å². The predicted octanol–water partition coefficient (Wildman–Crippen LogP) is 1.91. The summed E-state index contributed by atoms with van der Waals surface area (Å²) in [5, 5.41) is 13.9. The van der Waals surface area contributed by atoms with Crippen LogP contribution in [-0.4, -0.2) is 16.7 Å². The summed E-state index contributed by atoms with van der Waals surface area (Å²) in [6.45, 7) is 0.558. The number of nitro groups is 1. The van der Waals surface area contributed by atoms with Gasteiger partial charge in [-0.05, 0) is 23.8 Å². The van der Waals surface area contributed by atoms with E-state index in [0.717, 1.165) is 5.56 Å². The third kappa shape index (κ3) is 2.64. The molecule has 2 aromatic rings. The Morgan fingerprint density at radius 2 is 2.10 bits per heavy atom. The van der Waals surface area contributed by atoms with Crippen LogP contribution in [-0.2, 0) is 6.54 Å². The van der Waals surface area contributed by atoms with Gasteiger partial charge in [0.25, 0.3) is 0 Å². The highest BCUT2D eigenvalue weighted by Crippen LogP contribution is 2.33. The Morgan fingerprint density at radius 1 is 1.29 bits per heavy atom. The number of rotatable bonds is 4. The zero-order valence-electron chi connectivity index (χ0n) is 10.9. The maximum absolute atomic E-state index is 10.9. The Hall–Kier alpha value is -3.03. The molecule has 2 heterocycles. The first-order valence-corrected chi connectivity index (χ1v) is 6.17. The summed E-state index contributed by atoms with van der Waals surface area (Å²) in [5.74, 6) is 1.70. The van der Waals surface area contributed by atoms with Crippen molar-refractivity contribution in [1.29, 1.82) is 0 Å². The fourth-order valence-corrected chi connectivity index (χ4v) is 1.98. The number of ether oxygens (including phenoxy) is 2. The van der Waals surface area contributed by atoms with E-state index in [0.29, 0.717) is 18.0 Å². The molecule has 108 valence electrons. The minimum atomic E-state index is -0.506. The zero-order valence-corrected chi connectivity index (χ0v) is 10.9. The lowest BCUT2D eigenvalue weighted by molar-refractivity contribution is -0.384. The van der Waals surface area contributed by atoms with Crippen molar-refractivity contribution in [1.82, 2.24) is 4.98 Å². The van der Waals surface area contributed by atoms with Gasteiger partial charge in [0.1, 0.15) is 5.82 Å². The third-order valence-corrected chi connectivity index (χ3v) is 2.99. The highest BCUT2D eigenvalue weighted by Gasteiger charge is 2.16. The van der Waals surface area contributed by atoms with Crippen molar-refractivity contribution in [2.75, 3.05) is 17.8 Å². The monoisotopic (exact) mass is 288 g/mol. The Kier molecular flexibility index (Phi) is 3.19. The molecule has 0 spiro atoms. The van der Waals surface area contributed by atoms with Gasteiger partial charge in [-0.1, -0.05) is 6.07 Å². The average molecular weight is 288 g/mol. The van der Waals surface area contributed by atoms with Crippen LogP contribution >= 0.6 is 0 Å². The smallest absolute Gasteiger partial charge is 0.311 e. The Morgan fingerprint density at radius 3 is 2.90 bits per heavy atom. The quantitative estimate of drug-likeness (QED) is 0.652. The number of hydrogen-bond acceptors (Lipinski definition) is 7. The van der Waals surface area contributed by atoms with Crippen LogP contribution in [0.1, 0.15) is 5.56 Å². The Bertz CT molecular complexity index is 705. The van der Waals surface area contributed by atoms with E-state index in [1.807, 2.05) is 12.1 Å². The molecule has 3 rings (SSSR count). The number of anilines is 2. The molecule has 0 saturated carbocycles. The fraction of sp³-hybridized carbons (Fsp3) is 0.154. The Balaban J connectivity index is 1.78. The van der Waals surface area contributed by atoms with Crippen LogP contribution in [0.3, 0.4) is 0 Å². The molecule has 1 aromatic heterocycles. The summed E-state index contributed by atoms with van der Waals surface area (Å²) >= 11 is 0. The number of aromatic nitrogens is 1.